The second-order valence-electron chi connectivity index (χ2n) is 13.8. The molecule has 5 fully saturated rings. The number of carboxylic acid groups (broad SMARTS) is 1. The van der Waals surface area contributed by atoms with Crippen molar-refractivity contribution in [2.75, 3.05) is 31.1 Å². The van der Waals surface area contributed by atoms with E-state index in [1.807, 2.05) is 13.1 Å². The molecule has 4 atom stereocenters. The molecule has 3 aromatic rings. The number of aliphatic carboxylic acids is 1. The molecule has 214 valence electrons. The fraction of sp³-hybridized carbons (Fsp3) is 0.562. The quantitative estimate of drug-likeness (QED) is 0.481. The average molecular weight is 555 g/mol. The highest BCUT2D eigenvalue weighted by Gasteiger charge is 2.64. The van der Waals surface area contributed by atoms with Crippen LogP contribution < -0.4 is 10.2 Å². The van der Waals surface area contributed by atoms with E-state index in [1.165, 1.54) is 18.4 Å². The minimum absolute atomic E-state index is 0.104. The Kier molecular flexibility index (Phi) is 5.40. The number of nitrogens with one attached hydrogen (secondary N) is 1. The Morgan fingerprint density at radius 2 is 1.85 bits per heavy atom. The van der Waals surface area contributed by atoms with E-state index in [-0.39, 0.29) is 34.5 Å². The highest BCUT2D eigenvalue weighted by molar-refractivity contribution is 5.91. The van der Waals surface area contributed by atoms with Crippen LogP contribution in [0.15, 0.2) is 42.6 Å². The highest BCUT2D eigenvalue weighted by atomic mass is 16.4. The molecule has 1 amide bonds. The summed E-state index contributed by atoms with van der Waals surface area (Å²) in [5.41, 5.74) is 4.60. The van der Waals surface area contributed by atoms with E-state index in [0.717, 1.165) is 62.3 Å². The molecular weight excluding hydrogens is 516 g/mol. The van der Waals surface area contributed by atoms with Crippen LogP contribution in [0.5, 0.6) is 0 Å². The Morgan fingerprint density at radius 3 is 2.54 bits per heavy atom. The third kappa shape index (κ3) is 3.91. The predicted molar refractivity (Wildman–Crippen MR) is 154 cm³/mol. The maximum atomic E-state index is 13.2. The number of nitrogens with zero attached hydrogens (tertiary/aromatic N) is 5. The molecule has 0 radical (unpaired) electrons. The number of aryl methyl sites for hydroxylation is 1. The normalized spacial score (nSPS) is 35.8. The number of carboxylic acids is 1. The summed E-state index contributed by atoms with van der Waals surface area (Å²) in [5, 5.41) is 17.1. The van der Waals surface area contributed by atoms with Crippen LogP contribution >= 0.6 is 0 Å². The van der Waals surface area contributed by atoms with Gasteiger partial charge in [0.1, 0.15) is 0 Å². The summed E-state index contributed by atoms with van der Waals surface area (Å²) in [4.78, 5) is 34.1. The number of carbonyl (C=O) groups excluding carboxylic acids is 1. The monoisotopic (exact) mass is 554 g/mol. The van der Waals surface area contributed by atoms with Crippen LogP contribution in [0.25, 0.3) is 5.65 Å². The molecule has 2 saturated heterocycles. The molecule has 3 saturated carbocycles. The largest absolute Gasteiger partial charge is 0.481 e. The first-order valence-corrected chi connectivity index (χ1v) is 15.2. The molecule has 2 aliphatic heterocycles. The standard InChI is InChI=1S/C32H38N6O3/c1-19-12-22(36-11-10-31(2,18-36)20-6-4-3-5-7-20)15-38-28(19)34-27(35-38)29(39)33-21-13-32(14-21)9-8-25(32)37-16-23-24(17-37)26(23)30(40)41/h3-7,12,15,21,23-26H,8-11,13-14,16-18H2,1-2H3,(H,33,39)(H,40,41)/t21?,23?,24?,25?,26?,31-,32?/m0/s1. The number of carbonyl (C=O) groups is 2. The van der Waals surface area contributed by atoms with Gasteiger partial charge in [0.05, 0.1) is 17.8 Å². The van der Waals surface area contributed by atoms with Gasteiger partial charge in [0.25, 0.3) is 5.91 Å². The van der Waals surface area contributed by atoms with Crippen molar-refractivity contribution < 1.29 is 14.7 Å². The van der Waals surface area contributed by atoms with Crippen molar-refractivity contribution in [3.8, 4) is 0 Å². The zero-order chi connectivity index (χ0) is 28.1. The predicted octanol–water partition coefficient (Wildman–Crippen LogP) is 3.51. The zero-order valence-electron chi connectivity index (χ0n) is 23.8. The summed E-state index contributed by atoms with van der Waals surface area (Å²) >= 11 is 0. The number of piperidine rings is 1. The Balaban J connectivity index is 0.908. The molecule has 1 spiro atoms. The lowest BCUT2D eigenvalue weighted by Gasteiger charge is -2.62. The number of hydrogen-bond donors (Lipinski definition) is 2. The van der Waals surface area contributed by atoms with Gasteiger partial charge in [-0.1, -0.05) is 37.3 Å². The Labute approximate surface area is 239 Å². The molecule has 8 rings (SSSR count). The van der Waals surface area contributed by atoms with Crippen molar-refractivity contribution in [3.05, 3.63) is 59.5 Å². The number of hydrogen-bond acceptors (Lipinski definition) is 6. The van der Waals surface area contributed by atoms with Crippen molar-refractivity contribution in [1.29, 1.82) is 0 Å². The molecule has 2 aromatic heterocycles. The van der Waals surface area contributed by atoms with E-state index in [0.29, 0.717) is 17.9 Å². The van der Waals surface area contributed by atoms with E-state index in [4.69, 9.17) is 0 Å². The van der Waals surface area contributed by atoms with Crippen LogP contribution in [0.3, 0.4) is 0 Å². The number of fused-ring (bicyclic) bond motifs is 2. The summed E-state index contributed by atoms with van der Waals surface area (Å²) in [6.45, 7) is 8.15. The van der Waals surface area contributed by atoms with Crippen LogP contribution in [0.2, 0.25) is 0 Å². The Hall–Kier alpha value is -3.46. The van der Waals surface area contributed by atoms with Gasteiger partial charge in [-0.3, -0.25) is 14.5 Å². The summed E-state index contributed by atoms with van der Waals surface area (Å²) in [6, 6.07) is 13.6. The topological polar surface area (TPSA) is 103 Å². The van der Waals surface area contributed by atoms with E-state index in [9.17, 15) is 14.7 Å². The number of amides is 1. The molecule has 3 unspecified atom stereocenters. The number of benzene rings is 1. The molecule has 9 nitrogen and oxygen atoms in total. The lowest BCUT2D eigenvalue weighted by molar-refractivity contribution is -0.140. The van der Waals surface area contributed by atoms with Crippen LogP contribution in [0, 0.1) is 30.1 Å². The van der Waals surface area contributed by atoms with Crippen LogP contribution in [-0.2, 0) is 10.2 Å². The summed E-state index contributed by atoms with van der Waals surface area (Å²) < 4.78 is 1.77. The molecule has 0 bridgehead atoms. The van der Waals surface area contributed by atoms with E-state index < -0.39 is 5.97 Å². The Bertz CT molecular complexity index is 1540. The number of pyridine rings is 1. The number of aromatic nitrogens is 3. The maximum Gasteiger partial charge on any atom is 0.307 e. The molecule has 41 heavy (non-hydrogen) atoms. The van der Waals surface area contributed by atoms with E-state index in [1.54, 1.807) is 4.52 Å². The third-order valence-corrected chi connectivity index (χ3v) is 11.3. The lowest BCUT2D eigenvalue weighted by atomic mass is 9.50. The second kappa shape index (κ2) is 8.77. The maximum absolute atomic E-state index is 13.2. The fourth-order valence-corrected chi connectivity index (χ4v) is 8.84. The van der Waals surface area contributed by atoms with Gasteiger partial charge in [0, 0.05) is 43.7 Å². The second-order valence-corrected chi connectivity index (χ2v) is 13.8. The highest BCUT2D eigenvalue weighted by Crippen LogP contribution is 2.61. The average Bonchev–Trinajstić information content (AvgIpc) is 3.29. The van der Waals surface area contributed by atoms with Crippen molar-refractivity contribution in [2.24, 2.45) is 23.2 Å². The van der Waals surface area contributed by atoms with Crippen molar-refractivity contribution in [1.82, 2.24) is 24.8 Å². The molecule has 4 heterocycles. The van der Waals surface area contributed by atoms with Crippen LogP contribution in [0.1, 0.15) is 60.8 Å². The van der Waals surface area contributed by atoms with Gasteiger partial charge in [-0.05, 0) is 73.5 Å². The van der Waals surface area contributed by atoms with Crippen molar-refractivity contribution in [3.63, 3.8) is 0 Å². The minimum Gasteiger partial charge on any atom is -0.481 e. The van der Waals surface area contributed by atoms with E-state index in [2.05, 4.69) is 68.5 Å². The van der Waals surface area contributed by atoms with Gasteiger partial charge in [-0.15, -0.1) is 5.10 Å². The number of likely N-dealkylation sites (tertiary alicyclic amines) is 1. The zero-order valence-corrected chi connectivity index (χ0v) is 23.8. The molecule has 9 heteroatoms. The van der Waals surface area contributed by atoms with Crippen LogP contribution in [0.4, 0.5) is 5.69 Å². The molecule has 5 aliphatic rings. The van der Waals surface area contributed by atoms with Gasteiger partial charge >= 0.3 is 5.97 Å². The van der Waals surface area contributed by atoms with Gasteiger partial charge in [-0.25, -0.2) is 9.50 Å². The van der Waals surface area contributed by atoms with Gasteiger partial charge in [0.2, 0.25) is 5.82 Å². The van der Waals surface area contributed by atoms with Crippen molar-refractivity contribution >= 4 is 23.2 Å². The smallest absolute Gasteiger partial charge is 0.307 e. The fourth-order valence-electron chi connectivity index (χ4n) is 8.84. The molecule has 3 aliphatic carbocycles. The third-order valence-electron chi connectivity index (χ3n) is 11.3. The molecule has 1 aromatic carbocycles. The first-order valence-electron chi connectivity index (χ1n) is 15.2. The first-order chi connectivity index (χ1) is 19.7. The van der Waals surface area contributed by atoms with E-state index >= 15 is 0 Å². The molecular formula is C32H38N6O3. The lowest BCUT2D eigenvalue weighted by Crippen LogP contribution is -2.65. The summed E-state index contributed by atoms with van der Waals surface area (Å²) in [5.74, 6) is -0.00264. The minimum atomic E-state index is -0.622. The summed E-state index contributed by atoms with van der Waals surface area (Å²) in [7, 11) is 0. The van der Waals surface area contributed by atoms with Gasteiger partial charge in [-0.2, -0.15) is 0 Å². The SMILES string of the molecule is Cc1cc(N2CC[C@](C)(c3ccccc3)C2)cn2nc(C(=O)NC3CC4(CCC4N4CC5C(C4)C5C(=O)O)C3)nc12. The number of anilines is 1. The van der Waals surface area contributed by atoms with Gasteiger partial charge in [0.15, 0.2) is 5.65 Å². The number of rotatable bonds is 6. The molecule has 2 N–H and O–H groups in total. The van der Waals surface area contributed by atoms with Crippen LogP contribution in [-0.4, -0.2) is 74.7 Å². The Morgan fingerprint density at radius 1 is 1.10 bits per heavy atom. The first kappa shape index (κ1) is 25.3. The summed E-state index contributed by atoms with van der Waals surface area (Å²) in [6.07, 6.45) is 7.47. The van der Waals surface area contributed by atoms with Crippen molar-refractivity contribution in [2.45, 2.75) is 63.5 Å². The van der Waals surface area contributed by atoms with Gasteiger partial charge < -0.3 is 15.3 Å².